The molecule has 3 aromatic rings. The van der Waals surface area contributed by atoms with Gasteiger partial charge in [-0.05, 0) is 55.7 Å². The zero-order valence-corrected chi connectivity index (χ0v) is 29.6. The van der Waals surface area contributed by atoms with Crippen LogP contribution in [0.15, 0.2) is 71.6 Å². The lowest BCUT2D eigenvalue weighted by molar-refractivity contribution is -0.387. The normalized spacial score (nSPS) is 13.3. The molecule has 1 aliphatic heterocycles. The molecule has 0 bridgehead atoms. The number of para-hydroxylation sites is 1. The van der Waals surface area contributed by atoms with Crippen LogP contribution in [0, 0.1) is 17.0 Å². The highest BCUT2D eigenvalue weighted by Gasteiger charge is 2.33. The Labute approximate surface area is 286 Å². The fraction of sp³-hybridized carbons (Fsp3) is 0.375. The van der Waals surface area contributed by atoms with E-state index in [1.165, 1.54) is 28.1 Å². The molecule has 0 unspecified atom stereocenters. The van der Waals surface area contributed by atoms with Crippen LogP contribution in [-0.2, 0) is 42.7 Å². The van der Waals surface area contributed by atoms with Crippen molar-refractivity contribution in [3.8, 4) is 0 Å². The molecule has 3 aromatic carbocycles. The highest BCUT2D eigenvalue weighted by molar-refractivity contribution is 7.92. The number of aryl methyl sites for hydroxylation is 1. The number of anilines is 2. The number of nitro benzene ring substituents is 1. The summed E-state index contributed by atoms with van der Waals surface area (Å²) in [5.41, 5.74) is 3.02. The lowest BCUT2D eigenvalue weighted by Gasteiger charge is -2.32. The van der Waals surface area contributed by atoms with E-state index < -0.39 is 47.5 Å². The van der Waals surface area contributed by atoms with Crippen molar-refractivity contribution in [3.63, 3.8) is 0 Å². The molecule has 0 saturated heterocycles. The monoisotopic (exact) mass is 715 g/mol. The van der Waals surface area contributed by atoms with Gasteiger partial charge in [0, 0.05) is 51.0 Å². The molecule has 0 aromatic heterocycles. The lowest BCUT2D eigenvalue weighted by Crippen LogP contribution is -2.49. The minimum Gasteiger partial charge on any atom is -0.353 e. The molecule has 17 heteroatoms. The van der Waals surface area contributed by atoms with Gasteiger partial charge in [0.25, 0.3) is 11.6 Å². The van der Waals surface area contributed by atoms with Gasteiger partial charge in [-0.3, -0.25) is 29.4 Å². The summed E-state index contributed by atoms with van der Waals surface area (Å²) >= 11 is 0. The summed E-state index contributed by atoms with van der Waals surface area (Å²) in [6, 6.07) is 17.1. The molecule has 0 atom stereocenters. The Bertz CT molecular complexity index is 1910. The van der Waals surface area contributed by atoms with Crippen molar-refractivity contribution < 1.29 is 31.3 Å². The smallest absolute Gasteiger partial charge is 0.289 e. The van der Waals surface area contributed by atoms with Crippen molar-refractivity contribution >= 4 is 48.9 Å². The van der Waals surface area contributed by atoms with Gasteiger partial charge in [-0.25, -0.2) is 21.8 Å². The molecular formula is C32H41N7O8S2. The number of nitro groups is 1. The van der Waals surface area contributed by atoms with Crippen molar-refractivity contribution in [1.29, 1.82) is 0 Å². The first kappa shape index (κ1) is 37.2. The first-order valence-electron chi connectivity index (χ1n) is 15.4. The van der Waals surface area contributed by atoms with E-state index in [1.807, 2.05) is 29.3 Å². The molecule has 1 aliphatic rings. The van der Waals surface area contributed by atoms with E-state index in [2.05, 4.69) is 10.0 Å². The van der Waals surface area contributed by atoms with Gasteiger partial charge < -0.3 is 10.2 Å². The van der Waals surface area contributed by atoms with E-state index in [0.717, 1.165) is 27.8 Å². The van der Waals surface area contributed by atoms with E-state index in [-0.39, 0.29) is 37.8 Å². The van der Waals surface area contributed by atoms with Crippen LogP contribution >= 0.6 is 0 Å². The molecule has 0 fully saturated rings. The summed E-state index contributed by atoms with van der Waals surface area (Å²) in [5.74, 6) is -0.847. The number of hydrogen-bond acceptors (Lipinski definition) is 10. The number of hydrazine groups is 1. The second-order valence-corrected chi connectivity index (χ2v) is 15.6. The quantitative estimate of drug-likeness (QED) is 0.175. The minimum absolute atomic E-state index is 0.126. The molecule has 0 saturated carbocycles. The number of benzene rings is 3. The summed E-state index contributed by atoms with van der Waals surface area (Å²) in [6.45, 7) is 5.23. The predicted molar refractivity (Wildman–Crippen MR) is 185 cm³/mol. The van der Waals surface area contributed by atoms with Crippen LogP contribution in [0.1, 0.15) is 30.5 Å². The Morgan fingerprint density at radius 3 is 2.16 bits per heavy atom. The lowest BCUT2D eigenvalue weighted by atomic mass is 10.1. The number of carbonyl (C=O) groups excluding carboxylic acids is 2. The number of nitrogens with one attached hydrogen (secondary N) is 2. The van der Waals surface area contributed by atoms with Crippen molar-refractivity contribution in [2.75, 3.05) is 49.1 Å². The van der Waals surface area contributed by atoms with Crippen LogP contribution in [0.25, 0.3) is 0 Å². The van der Waals surface area contributed by atoms with Crippen molar-refractivity contribution in [2.24, 2.45) is 0 Å². The molecule has 264 valence electrons. The average molecular weight is 716 g/mol. The first-order valence-corrected chi connectivity index (χ1v) is 18.7. The topological polar surface area (TPSA) is 183 Å². The third-order valence-electron chi connectivity index (χ3n) is 8.00. The number of likely N-dealkylation sites (N-methyl/N-ethyl adjacent to an activating group) is 1. The zero-order valence-electron chi connectivity index (χ0n) is 28.0. The van der Waals surface area contributed by atoms with Crippen LogP contribution in [0.4, 0.5) is 17.1 Å². The Morgan fingerprint density at radius 2 is 1.57 bits per heavy atom. The van der Waals surface area contributed by atoms with Crippen LogP contribution in [0.2, 0.25) is 0 Å². The molecular weight excluding hydrogens is 675 g/mol. The SMILES string of the molecule is Cc1ccc(NS(C)(=O)=O)cc1N(CC(=O)NCCN(C(C)C)S(=O)(=O)c1ccccc1[N+](=O)[O-])CC(=O)N(C)N1Cc2ccccc2C1. The first-order chi connectivity index (χ1) is 23.0. The summed E-state index contributed by atoms with van der Waals surface area (Å²) < 4.78 is 54.4. The molecule has 0 radical (unpaired) electrons. The molecule has 0 aliphatic carbocycles. The number of hydrogen-bond donors (Lipinski definition) is 2. The third kappa shape index (κ3) is 9.32. The number of nitrogens with zero attached hydrogens (tertiary/aromatic N) is 5. The fourth-order valence-corrected chi connectivity index (χ4v) is 7.90. The molecule has 2 amide bonds. The summed E-state index contributed by atoms with van der Waals surface area (Å²) in [6.07, 6.45) is 1.01. The maximum absolute atomic E-state index is 13.6. The second-order valence-electron chi connectivity index (χ2n) is 12.0. The molecule has 49 heavy (non-hydrogen) atoms. The highest BCUT2D eigenvalue weighted by Crippen LogP contribution is 2.28. The zero-order chi connectivity index (χ0) is 36.1. The Hall–Kier alpha value is -4.58. The summed E-state index contributed by atoms with van der Waals surface area (Å²) in [4.78, 5) is 38.9. The van der Waals surface area contributed by atoms with Gasteiger partial charge in [-0.15, -0.1) is 0 Å². The third-order valence-corrected chi connectivity index (χ3v) is 10.7. The van der Waals surface area contributed by atoms with Gasteiger partial charge in [-0.1, -0.05) is 42.5 Å². The van der Waals surface area contributed by atoms with Gasteiger partial charge in [0.1, 0.15) is 0 Å². The van der Waals surface area contributed by atoms with Gasteiger partial charge in [-0.2, -0.15) is 4.31 Å². The Kier molecular flexibility index (Phi) is 11.6. The highest BCUT2D eigenvalue weighted by atomic mass is 32.2. The van der Waals surface area contributed by atoms with Crippen LogP contribution in [0.3, 0.4) is 0 Å². The minimum atomic E-state index is -4.30. The van der Waals surface area contributed by atoms with Crippen LogP contribution in [0.5, 0.6) is 0 Å². The maximum Gasteiger partial charge on any atom is 0.289 e. The van der Waals surface area contributed by atoms with E-state index >= 15 is 0 Å². The van der Waals surface area contributed by atoms with Gasteiger partial charge in [0.15, 0.2) is 4.90 Å². The largest absolute Gasteiger partial charge is 0.353 e. The van der Waals surface area contributed by atoms with E-state index in [1.54, 1.807) is 46.0 Å². The van der Waals surface area contributed by atoms with Crippen LogP contribution in [-0.4, -0.2) is 93.4 Å². The number of fused-ring (bicyclic) bond motifs is 1. The maximum atomic E-state index is 13.6. The van der Waals surface area contributed by atoms with Crippen molar-refractivity contribution in [3.05, 3.63) is 93.5 Å². The molecule has 1 heterocycles. The van der Waals surface area contributed by atoms with E-state index in [4.69, 9.17) is 0 Å². The number of amides is 2. The van der Waals surface area contributed by atoms with E-state index in [0.29, 0.717) is 24.3 Å². The van der Waals surface area contributed by atoms with Crippen molar-refractivity contribution in [1.82, 2.24) is 19.6 Å². The number of carbonyl (C=O) groups is 2. The molecule has 15 nitrogen and oxygen atoms in total. The van der Waals surface area contributed by atoms with Gasteiger partial charge in [0.2, 0.25) is 26.0 Å². The predicted octanol–water partition coefficient (Wildman–Crippen LogP) is 2.69. The molecule has 2 N–H and O–H groups in total. The second kappa shape index (κ2) is 15.3. The number of sulfonamides is 2. The number of rotatable bonds is 15. The van der Waals surface area contributed by atoms with Crippen molar-refractivity contribution in [2.45, 2.75) is 44.8 Å². The molecule has 0 spiro atoms. The standard InChI is InChI=1S/C32H41N7O8S2/c1-23(2)38(49(46,47)30-13-9-8-12-28(30)39(42)43)17-16-33-31(40)21-36(29-18-27(15-14-24(29)3)34-48(5,44)45)22-32(41)35(4)37-19-25-10-6-7-11-26(25)20-37/h6-15,18,23,34H,16-17,19-22H2,1-5H3,(H,33,40). The fourth-order valence-electron chi connectivity index (χ4n) is 5.55. The molecule has 4 rings (SSSR count). The van der Waals surface area contributed by atoms with Gasteiger partial charge >= 0.3 is 0 Å². The van der Waals surface area contributed by atoms with Gasteiger partial charge in [0.05, 0.1) is 30.0 Å². The van der Waals surface area contributed by atoms with Crippen LogP contribution < -0.4 is 14.9 Å². The summed E-state index contributed by atoms with van der Waals surface area (Å²) in [5, 5.41) is 17.6. The Balaban J connectivity index is 1.52. The van der Waals surface area contributed by atoms with E-state index in [9.17, 15) is 36.5 Å². The average Bonchev–Trinajstić information content (AvgIpc) is 3.47. The Morgan fingerprint density at radius 1 is 0.959 bits per heavy atom. The summed E-state index contributed by atoms with van der Waals surface area (Å²) in [7, 11) is -6.27.